The largest absolute Gasteiger partial charge is 0.311 e. The maximum atomic E-state index is 2.42. The van der Waals surface area contributed by atoms with E-state index in [1.165, 1.54) is 71.2 Å². The summed E-state index contributed by atoms with van der Waals surface area (Å²) in [5.74, 6) is 0. The van der Waals surface area contributed by atoms with Crippen molar-refractivity contribution in [1.82, 2.24) is 4.57 Å². The van der Waals surface area contributed by atoms with Crippen LogP contribution in [-0.2, 0) is 0 Å². The predicted molar refractivity (Wildman–Crippen MR) is 247 cm³/mol. The molecule has 0 saturated carbocycles. The third kappa shape index (κ3) is 6.00. The van der Waals surface area contributed by atoms with Gasteiger partial charge in [-0.2, -0.15) is 0 Å². The Morgan fingerprint density at radius 2 is 0.655 bits per heavy atom. The average Bonchev–Trinajstić information content (AvgIpc) is 3.64. The van der Waals surface area contributed by atoms with Crippen molar-refractivity contribution >= 4 is 60.4 Å². The van der Waals surface area contributed by atoms with Gasteiger partial charge >= 0.3 is 0 Å². The highest BCUT2D eigenvalue weighted by atomic mass is 15.1. The van der Waals surface area contributed by atoms with Gasteiger partial charge in [0.15, 0.2) is 0 Å². The van der Waals surface area contributed by atoms with Gasteiger partial charge in [-0.05, 0) is 134 Å². The summed E-state index contributed by atoms with van der Waals surface area (Å²) in [7, 11) is 0. The minimum atomic E-state index is 1.10. The van der Waals surface area contributed by atoms with Gasteiger partial charge in [0.1, 0.15) is 0 Å². The summed E-state index contributed by atoms with van der Waals surface area (Å²) in [4.78, 5) is 2.34. The zero-order valence-corrected chi connectivity index (χ0v) is 31.8. The van der Waals surface area contributed by atoms with Crippen LogP contribution in [0.15, 0.2) is 231 Å². The highest BCUT2D eigenvalue weighted by Crippen LogP contribution is 2.40. The van der Waals surface area contributed by atoms with Crippen LogP contribution in [0.25, 0.3) is 82.4 Å². The molecule has 0 unspecified atom stereocenters. The molecule has 0 aliphatic rings. The SMILES string of the molecule is c1ccc(N(c2ccc(-c3cc(-c4ccc5ccccc5c4)cc(-n4c5ccccc5c5ccccc54)c3)cc2)c2ccc(-c3ccc4ccccc4c3)cc2)cc1. The second kappa shape index (κ2) is 14.1. The minimum Gasteiger partial charge on any atom is -0.311 e. The summed E-state index contributed by atoms with van der Waals surface area (Å²) < 4.78 is 2.42. The molecule has 2 nitrogen and oxygen atoms in total. The Morgan fingerprint density at radius 1 is 0.259 bits per heavy atom. The summed E-state index contributed by atoms with van der Waals surface area (Å²) >= 11 is 0. The fraction of sp³-hybridized carbons (Fsp3) is 0. The van der Waals surface area contributed by atoms with Gasteiger partial charge in [0.2, 0.25) is 0 Å². The van der Waals surface area contributed by atoms with E-state index in [1.807, 2.05) is 0 Å². The molecule has 1 heterocycles. The van der Waals surface area contributed by atoms with Crippen molar-refractivity contribution in [2.45, 2.75) is 0 Å². The Labute approximate surface area is 338 Å². The van der Waals surface area contributed by atoms with Crippen LogP contribution in [-0.4, -0.2) is 4.57 Å². The van der Waals surface area contributed by atoms with Crippen LogP contribution >= 0.6 is 0 Å². The summed E-state index contributed by atoms with van der Waals surface area (Å²) in [6.45, 7) is 0. The zero-order chi connectivity index (χ0) is 38.4. The number of aromatic nitrogens is 1. The fourth-order valence-corrected chi connectivity index (χ4v) is 8.64. The normalized spacial score (nSPS) is 11.4. The molecule has 0 spiro atoms. The Kier molecular flexibility index (Phi) is 8.19. The average molecular weight is 739 g/mol. The second-order valence-electron chi connectivity index (χ2n) is 15.0. The van der Waals surface area contributed by atoms with Crippen LogP contribution in [0.5, 0.6) is 0 Å². The topological polar surface area (TPSA) is 8.17 Å². The third-order valence-corrected chi connectivity index (χ3v) is 11.5. The summed E-state index contributed by atoms with van der Waals surface area (Å²) in [5, 5.41) is 7.49. The zero-order valence-electron chi connectivity index (χ0n) is 31.8. The molecule has 272 valence electrons. The van der Waals surface area contributed by atoms with Crippen molar-refractivity contribution < 1.29 is 0 Å². The Balaban J connectivity index is 1.02. The van der Waals surface area contributed by atoms with Gasteiger partial charge in [0.25, 0.3) is 0 Å². The lowest BCUT2D eigenvalue weighted by Crippen LogP contribution is -2.09. The van der Waals surface area contributed by atoms with Gasteiger partial charge in [-0.15, -0.1) is 0 Å². The second-order valence-corrected chi connectivity index (χ2v) is 15.0. The first-order valence-electron chi connectivity index (χ1n) is 19.9. The van der Waals surface area contributed by atoms with Crippen molar-refractivity contribution in [3.63, 3.8) is 0 Å². The number of fused-ring (bicyclic) bond motifs is 5. The molecule has 0 aliphatic carbocycles. The molecule has 0 saturated heterocycles. The molecule has 11 rings (SSSR count). The molecule has 1 aromatic heterocycles. The van der Waals surface area contributed by atoms with E-state index in [9.17, 15) is 0 Å². The van der Waals surface area contributed by atoms with Crippen LogP contribution in [0.2, 0.25) is 0 Å². The Bertz CT molecular complexity index is 3210. The van der Waals surface area contributed by atoms with Crippen LogP contribution in [0.4, 0.5) is 17.1 Å². The number of benzene rings is 10. The predicted octanol–water partition coefficient (Wildman–Crippen LogP) is 15.6. The molecule has 11 aromatic rings. The molecule has 0 atom stereocenters. The number of hydrogen-bond acceptors (Lipinski definition) is 1. The van der Waals surface area contributed by atoms with E-state index in [-0.39, 0.29) is 0 Å². The summed E-state index contributed by atoms with van der Waals surface area (Å²) in [6.07, 6.45) is 0. The van der Waals surface area contributed by atoms with E-state index in [0.29, 0.717) is 0 Å². The maximum Gasteiger partial charge on any atom is 0.0541 e. The lowest BCUT2D eigenvalue weighted by Gasteiger charge is -2.26. The van der Waals surface area contributed by atoms with E-state index < -0.39 is 0 Å². The van der Waals surface area contributed by atoms with Crippen LogP contribution in [0.3, 0.4) is 0 Å². The lowest BCUT2D eigenvalue weighted by atomic mass is 9.96. The molecule has 10 aromatic carbocycles. The van der Waals surface area contributed by atoms with Crippen molar-refractivity contribution in [2.75, 3.05) is 4.90 Å². The number of para-hydroxylation sites is 3. The Morgan fingerprint density at radius 3 is 1.21 bits per heavy atom. The number of nitrogens with zero attached hydrogens (tertiary/aromatic N) is 2. The molecule has 0 bridgehead atoms. The molecule has 0 aliphatic heterocycles. The molecular formula is C56H38N2. The first kappa shape index (κ1) is 33.6. The molecular weight excluding hydrogens is 701 g/mol. The monoisotopic (exact) mass is 738 g/mol. The number of hydrogen-bond donors (Lipinski definition) is 0. The van der Waals surface area contributed by atoms with Gasteiger partial charge in [-0.1, -0.05) is 152 Å². The molecule has 0 amide bonds. The van der Waals surface area contributed by atoms with Crippen LogP contribution < -0.4 is 4.90 Å². The van der Waals surface area contributed by atoms with E-state index in [1.54, 1.807) is 0 Å². The summed E-state index contributed by atoms with van der Waals surface area (Å²) in [6, 6.07) is 83.8. The molecule has 58 heavy (non-hydrogen) atoms. The van der Waals surface area contributed by atoms with Crippen molar-refractivity contribution in [3.8, 4) is 39.1 Å². The standard InChI is InChI=1S/C56H38N2/c1-2-16-49(17-3-1)57(50-30-26-41(27-31-50)45-24-22-39-12-4-6-14-43(39)34-45)51-32-28-42(29-33-51)47-36-48(46-25-23-40-13-5-7-15-44(40)35-46)38-52(37-47)58-55-20-10-8-18-53(55)54-19-9-11-21-56(54)58/h1-38H. The maximum absolute atomic E-state index is 2.42. The van der Waals surface area contributed by atoms with E-state index in [4.69, 9.17) is 0 Å². The lowest BCUT2D eigenvalue weighted by molar-refractivity contribution is 1.18. The molecule has 0 fully saturated rings. The van der Waals surface area contributed by atoms with Crippen LogP contribution in [0, 0.1) is 0 Å². The summed E-state index contributed by atoms with van der Waals surface area (Å²) in [5.41, 5.74) is 14.0. The van der Waals surface area contributed by atoms with E-state index >= 15 is 0 Å². The van der Waals surface area contributed by atoms with Gasteiger partial charge < -0.3 is 9.47 Å². The van der Waals surface area contributed by atoms with Crippen molar-refractivity contribution in [2.24, 2.45) is 0 Å². The molecule has 0 N–H and O–H groups in total. The molecule has 0 radical (unpaired) electrons. The van der Waals surface area contributed by atoms with E-state index in [0.717, 1.165) is 28.3 Å². The highest BCUT2D eigenvalue weighted by molar-refractivity contribution is 6.09. The van der Waals surface area contributed by atoms with E-state index in [2.05, 4.69) is 240 Å². The number of rotatable bonds is 7. The third-order valence-electron chi connectivity index (χ3n) is 11.5. The van der Waals surface area contributed by atoms with Gasteiger partial charge in [-0.3, -0.25) is 0 Å². The van der Waals surface area contributed by atoms with Crippen molar-refractivity contribution in [3.05, 3.63) is 231 Å². The van der Waals surface area contributed by atoms with Gasteiger partial charge in [0, 0.05) is 33.5 Å². The quantitative estimate of drug-likeness (QED) is 0.158. The number of anilines is 3. The van der Waals surface area contributed by atoms with Gasteiger partial charge in [0.05, 0.1) is 11.0 Å². The first-order chi connectivity index (χ1) is 28.7. The molecule has 2 heteroatoms. The van der Waals surface area contributed by atoms with Crippen molar-refractivity contribution in [1.29, 1.82) is 0 Å². The first-order valence-corrected chi connectivity index (χ1v) is 19.9. The Hall–Kier alpha value is -7.68. The highest BCUT2D eigenvalue weighted by Gasteiger charge is 2.16. The smallest absolute Gasteiger partial charge is 0.0541 e. The van der Waals surface area contributed by atoms with Crippen LogP contribution in [0.1, 0.15) is 0 Å². The van der Waals surface area contributed by atoms with Gasteiger partial charge in [-0.25, -0.2) is 0 Å². The fourth-order valence-electron chi connectivity index (χ4n) is 8.64. The minimum absolute atomic E-state index is 1.10.